The van der Waals surface area contributed by atoms with Crippen LogP contribution in [-0.4, -0.2) is 41.6 Å². The summed E-state index contributed by atoms with van der Waals surface area (Å²) in [4.78, 5) is 10.5. The fraction of sp³-hybridized carbons (Fsp3) is 0.875. The van der Waals surface area contributed by atoms with Gasteiger partial charge in [-0.05, 0) is 26.7 Å². The summed E-state index contributed by atoms with van der Waals surface area (Å²) < 4.78 is 24.5. The number of aliphatic carboxylic acids is 1. The van der Waals surface area contributed by atoms with Gasteiger partial charge >= 0.3 is 5.97 Å². The van der Waals surface area contributed by atoms with Crippen molar-refractivity contribution in [1.29, 1.82) is 0 Å². The van der Waals surface area contributed by atoms with Gasteiger partial charge in [-0.15, -0.1) is 0 Å². The van der Waals surface area contributed by atoms with Crippen molar-refractivity contribution in [1.82, 2.24) is 4.31 Å². The quantitative estimate of drug-likeness (QED) is 0.723. The molecule has 5 nitrogen and oxygen atoms in total. The summed E-state index contributed by atoms with van der Waals surface area (Å²) in [5.74, 6) is -1.10. The van der Waals surface area contributed by atoms with E-state index in [-0.39, 0.29) is 6.04 Å². The van der Waals surface area contributed by atoms with E-state index in [1.54, 1.807) is 13.8 Å². The molecule has 82 valence electrons. The molecular formula is C8H15NO4S. The molecule has 1 N–H and O–H groups in total. The lowest BCUT2D eigenvalue weighted by atomic mass is 10.6. The topological polar surface area (TPSA) is 74.7 Å². The van der Waals surface area contributed by atoms with Crippen LogP contribution in [0.15, 0.2) is 0 Å². The van der Waals surface area contributed by atoms with Crippen LogP contribution in [0.1, 0.15) is 26.7 Å². The molecule has 1 fully saturated rings. The van der Waals surface area contributed by atoms with Gasteiger partial charge in [-0.3, -0.25) is 4.79 Å². The van der Waals surface area contributed by atoms with E-state index in [4.69, 9.17) is 5.11 Å². The number of carbonyl (C=O) groups is 1. The highest BCUT2D eigenvalue weighted by Crippen LogP contribution is 2.30. The van der Waals surface area contributed by atoms with E-state index in [1.165, 1.54) is 0 Å². The fourth-order valence-corrected chi connectivity index (χ4v) is 2.65. The van der Waals surface area contributed by atoms with Gasteiger partial charge in [0.1, 0.15) is 6.54 Å². The Kier molecular flexibility index (Phi) is 3.16. The van der Waals surface area contributed by atoms with Gasteiger partial charge in [0.2, 0.25) is 10.0 Å². The molecule has 0 aromatic rings. The van der Waals surface area contributed by atoms with Crippen LogP contribution in [0.3, 0.4) is 0 Å². The minimum atomic E-state index is -3.42. The highest BCUT2D eigenvalue weighted by Gasteiger charge is 2.39. The largest absolute Gasteiger partial charge is 0.480 e. The van der Waals surface area contributed by atoms with Crippen LogP contribution >= 0.6 is 0 Å². The zero-order chi connectivity index (χ0) is 10.9. The van der Waals surface area contributed by atoms with E-state index in [2.05, 4.69) is 0 Å². The predicted octanol–water partition coefficient (Wildman–Crippen LogP) is 0.274. The van der Waals surface area contributed by atoms with E-state index in [9.17, 15) is 13.2 Å². The summed E-state index contributed by atoms with van der Waals surface area (Å²) >= 11 is 0. The van der Waals surface area contributed by atoms with Crippen molar-refractivity contribution in [3.05, 3.63) is 0 Å². The lowest BCUT2D eigenvalue weighted by Crippen LogP contribution is -2.41. The van der Waals surface area contributed by atoms with Gasteiger partial charge in [0.05, 0.1) is 5.25 Å². The molecule has 0 spiro atoms. The van der Waals surface area contributed by atoms with Gasteiger partial charge in [-0.1, -0.05) is 0 Å². The first-order chi connectivity index (χ1) is 6.35. The lowest BCUT2D eigenvalue weighted by molar-refractivity contribution is -0.137. The molecule has 1 aliphatic rings. The molecule has 0 heterocycles. The van der Waals surface area contributed by atoms with E-state index in [1.807, 2.05) is 0 Å². The second-order valence-electron chi connectivity index (χ2n) is 3.76. The molecule has 0 atom stereocenters. The first-order valence-electron chi connectivity index (χ1n) is 4.58. The summed E-state index contributed by atoms with van der Waals surface area (Å²) in [6.45, 7) is 2.71. The molecule has 0 aliphatic heterocycles. The van der Waals surface area contributed by atoms with Gasteiger partial charge in [-0.2, -0.15) is 4.31 Å². The second kappa shape index (κ2) is 3.86. The van der Waals surface area contributed by atoms with Crippen LogP contribution in [0.5, 0.6) is 0 Å². The van der Waals surface area contributed by atoms with Gasteiger partial charge in [-0.25, -0.2) is 8.42 Å². The average Bonchev–Trinajstić information content (AvgIpc) is 2.81. The Labute approximate surface area is 83.8 Å². The molecule has 6 heteroatoms. The zero-order valence-electron chi connectivity index (χ0n) is 8.30. The number of hydrogen-bond donors (Lipinski definition) is 1. The van der Waals surface area contributed by atoms with Crippen LogP contribution < -0.4 is 0 Å². The molecular weight excluding hydrogens is 206 g/mol. The minimum absolute atomic E-state index is 0.0847. The Morgan fingerprint density at radius 2 is 2.00 bits per heavy atom. The molecule has 14 heavy (non-hydrogen) atoms. The van der Waals surface area contributed by atoms with Crippen molar-refractivity contribution >= 4 is 16.0 Å². The summed E-state index contributed by atoms with van der Waals surface area (Å²) in [5.41, 5.74) is 0. The maximum absolute atomic E-state index is 11.7. The maximum atomic E-state index is 11.7. The Hall–Kier alpha value is -0.620. The zero-order valence-corrected chi connectivity index (χ0v) is 9.12. The van der Waals surface area contributed by atoms with E-state index < -0.39 is 27.8 Å². The molecule has 1 aliphatic carbocycles. The Morgan fingerprint density at radius 3 is 2.29 bits per heavy atom. The van der Waals surface area contributed by atoms with Crippen LogP contribution in [0, 0.1) is 0 Å². The number of carboxylic acids is 1. The second-order valence-corrected chi connectivity index (χ2v) is 6.21. The first-order valence-corrected chi connectivity index (χ1v) is 6.08. The molecule has 0 bridgehead atoms. The lowest BCUT2D eigenvalue weighted by Gasteiger charge is -2.21. The standard InChI is InChI=1S/C8H15NO4S/c1-6(2)14(12,13)9(5-8(10)11)7-3-4-7/h6-7H,3-5H2,1-2H3,(H,10,11). The van der Waals surface area contributed by atoms with Crippen LogP contribution in [0.2, 0.25) is 0 Å². The number of sulfonamides is 1. The summed E-state index contributed by atoms with van der Waals surface area (Å²) in [6.07, 6.45) is 1.55. The molecule has 0 aromatic heterocycles. The summed E-state index contributed by atoms with van der Waals surface area (Å²) in [6, 6.07) is -0.0847. The highest BCUT2D eigenvalue weighted by atomic mass is 32.2. The predicted molar refractivity (Wildman–Crippen MR) is 51.4 cm³/mol. The number of nitrogens with zero attached hydrogens (tertiary/aromatic N) is 1. The average molecular weight is 221 g/mol. The van der Waals surface area contributed by atoms with E-state index in [0.29, 0.717) is 0 Å². The molecule has 1 rings (SSSR count). The van der Waals surface area contributed by atoms with Crippen molar-refractivity contribution in [3.8, 4) is 0 Å². The maximum Gasteiger partial charge on any atom is 0.318 e. The number of carboxylic acid groups (broad SMARTS) is 1. The van der Waals surface area contributed by atoms with Crippen molar-refractivity contribution in [2.45, 2.75) is 38.0 Å². The molecule has 0 unspecified atom stereocenters. The first kappa shape index (κ1) is 11.5. The molecule has 0 radical (unpaired) electrons. The van der Waals surface area contributed by atoms with Crippen LogP contribution in [-0.2, 0) is 14.8 Å². The van der Waals surface area contributed by atoms with Gasteiger partial charge in [0, 0.05) is 6.04 Å². The van der Waals surface area contributed by atoms with Gasteiger partial charge in [0.25, 0.3) is 0 Å². The van der Waals surface area contributed by atoms with E-state index in [0.717, 1.165) is 17.1 Å². The Balaban J connectivity index is 2.82. The van der Waals surface area contributed by atoms with Crippen LogP contribution in [0.4, 0.5) is 0 Å². The minimum Gasteiger partial charge on any atom is -0.480 e. The van der Waals surface area contributed by atoms with Crippen molar-refractivity contribution < 1.29 is 18.3 Å². The molecule has 0 saturated heterocycles. The fourth-order valence-electron chi connectivity index (χ4n) is 1.19. The summed E-state index contributed by atoms with van der Waals surface area (Å²) in [5, 5.41) is 8.05. The summed E-state index contributed by atoms with van der Waals surface area (Å²) in [7, 11) is -3.42. The third-order valence-corrected chi connectivity index (χ3v) is 4.44. The Morgan fingerprint density at radius 1 is 1.50 bits per heavy atom. The van der Waals surface area contributed by atoms with Gasteiger partial charge < -0.3 is 5.11 Å². The van der Waals surface area contributed by atoms with Crippen molar-refractivity contribution in [2.24, 2.45) is 0 Å². The molecule has 0 amide bonds. The van der Waals surface area contributed by atoms with Crippen molar-refractivity contribution in [3.63, 3.8) is 0 Å². The molecule has 0 aromatic carbocycles. The molecule has 1 saturated carbocycles. The van der Waals surface area contributed by atoms with Crippen molar-refractivity contribution in [2.75, 3.05) is 6.54 Å². The van der Waals surface area contributed by atoms with E-state index >= 15 is 0 Å². The SMILES string of the molecule is CC(C)S(=O)(=O)N(CC(=O)O)C1CC1. The monoisotopic (exact) mass is 221 g/mol. The Bertz CT molecular complexity index is 318. The third-order valence-electron chi connectivity index (χ3n) is 2.17. The third kappa shape index (κ3) is 2.45. The highest BCUT2D eigenvalue weighted by molar-refractivity contribution is 7.89. The number of rotatable bonds is 5. The van der Waals surface area contributed by atoms with Crippen LogP contribution in [0.25, 0.3) is 0 Å². The van der Waals surface area contributed by atoms with Gasteiger partial charge in [0.15, 0.2) is 0 Å². The number of hydrogen-bond acceptors (Lipinski definition) is 3. The smallest absolute Gasteiger partial charge is 0.318 e. The normalized spacial score (nSPS) is 17.7.